The number of nitrogens with zero attached hydrogens (tertiary/aromatic N) is 1. The molecule has 0 bridgehead atoms. The molecule has 0 aliphatic heterocycles. The fourth-order valence-electron chi connectivity index (χ4n) is 2.43. The van der Waals surface area contributed by atoms with E-state index in [-0.39, 0.29) is 16.7 Å². The molecule has 0 radical (unpaired) electrons. The Hall–Kier alpha value is -2.08. The Morgan fingerprint density at radius 3 is 2.76 bits per heavy atom. The number of aromatic amines is 1. The van der Waals surface area contributed by atoms with Crippen LogP contribution >= 0.6 is 0 Å². The van der Waals surface area contributed by atoms with Crippen LogP contribution in [0.25, 0.3) is 11.0 Å². The highest BCUT2D eigenvalue weighted by molar-refractivity contribution is 6.01. The number of carbonyl (C=O) groups is 1. The number of fused-ring (bicyclic) bond motifs is 1. The first kappa shape index (κ1) is 15.3. The summed E-state index contributed by atoms with van der Waals surface area (Å²) in [6.07, 6.45) is 0.776. The van der Waals surface area contributed by atoms with Crippen molar-refractivity contribution in [2.45, 2.75) is 26.8 Å². The Morgan fingerprint density at radius 1 is 1.43 bits per heavy atom. The molecule has 1 aromatic heterocycles. The minimum absolute atomic E-state index is 0.133. The van der Waals surface area contributed by atoms with E-state index in [0.717, 1.165) is 6.42 Å². The van der Waals surface area contributed by atoms with Gasteiger partial charge in [-0.25, -0.2) is 9.59 Å². The number of rotatable bonds is 6. The van der Waals surface area contributed by atoms with Gasteiger partial charge in [-0.3, -0.25) is 4.57 Å². The predicted octanol–water partition coefficient (Wildman–Crippen LogP) is 2.09. The van der Waals surface area contributed by atoms with E-state index >= 15 is 0 Å². The Labute approximate surface area is 122 Å². The molecule has 0 atom stereocenters. The van der Waals surface area contributed by atoms with Gasteiger partial charge in [0.2, 0.25) is 0 Å². The summed E-state index contributed by atoms with van der Waals surface area (Å²) < 4.78 is 6.60. The van der Waals surface area contributed by atoms with Gasteiger partial charge in [0.05, 0.1) is 16.6 Å². The maximum absolute atomic E-state index is 12.1. The van der Waals surface area contributed by atoms with Crippen molar-refractivity contribution in [3.8, 4) is 0 Å². The molecular formula is C15H20N2O4. The molecule has 2 N–H and O–H groups in total. The van der Waals surface area contributed by atoms with Gasteiger partial charge in [-0.05, 0) is 24.0 Å². The maximum atomic E-state index is 12.1. The first-order chi connectivity index (χ1) is 9.85. The van der Waals surface area contributed by atoms with Crippen LogP contribution in [-0.4, -0.2) is 34.3 Å². The smallest absolute Gasteiger partial charge is 0.337 e. The summed E-state index contributed by atoms with van der Waals surface area (Å²) in [7, 11) is 1.64. The number of aromatic carboxylic acids is 1. The summed E-state index contributed by atoms with van der Waals surface area (Å²) in [6.45, 7) is 5.08. The van der Waals surface area contributed by atoms with E-state index in [2.05, 4.69) is 4.98 Å². The van der Waals surface area contributed by atoms with E-state index in [4.69, 9.17) is 4.74 Å². The minimum atomic E-state index is -1.04. The maximum Gasteiger partial charge on any atom is 0.337 e. The first-order valence-corrected chi connectivity index (χ1v) is 6.79. The molecule has 0 saturated heterocycles. The van der Waals surface area contributed by atoms with Crippen molar-refractivity contribution in [1.82, 2.24) is 9.55 Å². The normalized spacial score (nSPS) is 12.0. The number of carboxylic acid groups (broad SMARTS) is 1. The molecular weight excluding hydrogens is 272 g/mol. The monoisotopic (exact) mass is 292 g/mol. The lowest BCUT2D eigenvalue weighted by molar-refractivity contribution is 0.0698. The zero-order valence-electron chi connectivity index (χ0n) is 12.5. The number of imidazole rings is 1. The highest BCUT2D eigenvalue weighted by Gasteiger charge is 2.23. The average Bonchev–Trinajstić information content (AvgIpc) is 2.72. The van der Waals surface area contributed by atoms with E-state index in [1.54, 1.807) is 19.2 Å². The summed E-state index contributed by atoms with van der Waals surface area (Å²) in [4.78, 5) is 26.2. The molecule has 1 heterocycles. The van der Waals surface area contributed by atoms with Crippen LogP contribution in [0.4, 0.5) is 0 Å². The number of carboxylic acids is 1. The van der Waals surface area contributed by atoms with Gasteiger partial charge in [0, 0.05) is 20.3 Å². The predicted molar refractivity (Wildman–Crippen MR) is 79.8 cm³/mol. The molecule has 0 aliphatic rings. The van der Waals surface area contributed by atoms with Crippen molar-refractivity contribution in [3.05, 3.63) is 34.2 Å². The SMILES string of the molecule is COCCC(C)(C)Cn1c(=O)[nH]c2cccc(C(=O)O)c21. The quantitative estimate of drug-likeness (QED) is 0.853. The van der Waals surface area contributed by atoms with Crippen LogP contribution in [0.1, 0.15) is 30.6 Å². The molecule has 0 spiro atoms. The van der Waals surface area contributed by atoms with Crippen LogP contribution < -0.4 is 5.69 Å². The van der Waals surface area contributed by atoms with Crippen LogP contribution in [0.3, 0.4) is 0 Å². The highest BCUT2D eigenvalue weighted by Crippen LogP contribution is 2.25. The number of hydrogen-bond donors (Lipinski definition) is 2. The third-order valence-corrected chi connectivity index (χ3v) is 3.59. The number of hydrogen-bond acceptors (Lipinski definition) is 3. The number of methoxy groups -OCH3 is 1. The second-order valence-electron chi connectivity index (χ2n) is 5.93. The van der Waals surface area contributed by atoms with Crippen LogP contribution in [0, 0.1) is 5.41 Å². The van der Waals surface area contributed by atoms with Crippen molar-refractivity contribution in [2.75, 3.05) is 13.7 Å². The molecule has 0 saturated carbocycles. The Kier molecular flexibility index (Phi) is 4.18. The summed E-state index contributed by atoms with van der Waals surface area (Å²) in [5.41, 5.74) is 0.654. The van der Waals surface area contributed by atoms with Crippen LogP contribution in [0.2, 0.25) is 0 Å². The third-order valence-electron chi connectivity index (χ3n) is 3.59. The first-order valence-electron chi connectivity index (χ1n) is 6.79. The molecule has 0 unspecified atom stereocenters. The van der Waals surface area contributed by atoms with Gasteiger partial charge in [-0.1, -0.05) is 19.9 Å². The van der Waals surface area contributed by atoms with Crippen LogP contribution in [-0.2, 0) is 11.3 Å². The molecule has 2 rings (SSSR count). The van der Waals surface area contributed by atoms with Gasteiger partial charge in [0.25, 0.3) is 0 Å². The van der Waals surface area contributed by atoms with Gasteiger partial charge in [-0.15, -0.1) is 0 Å². The molecule has 114 valence electrons. The van der Waals surface area contributed by atoms with E-state index in [1.807, 2.05) is 13.8 Å². The highest BCUT2D eigenvalue weighted by atomic mass is 16.5. The molecule has 1 aromatic carbocycles. The van der Waals surface area contributed by atoms with Gasteiger partial charge in [-0.2, -0.15) is 0 Å². The molecule has 21 heavy (non-hydrogen) atoms. The number of para-hydroxylation sites is 1. The zero-order valence-corrected chi connectivity index (χ0v) is 12.5. The van der Waals surface area contributed by atoms with Crippen LogP contribution in [0.5, 0.6) is 0 Å². The fraction of sp³-hybridized carbons (Fsp3) is 0.467. The van der Waals surface area contributed by atoms with Crippen molar-refractivity contribution < 1.29 is 14.6 Å². The number of benzene rings is 1. The molecule has 0 amide bonds. The Balaban J connectivity index is 2.51. The lowest BCUT2D eigenvalue weighted by Crippen LogP contribution is -2.28. The molecule has 2 aromatic rings. The summed E-state index contributed by atoms with van der Waals surface area (Å²) >= 11 is 0. The average molecular weight is 292 g/mol. The van der Waals surface area contributed by atoms with Crippen LogP contribution in [0.15, 0.2) is 23.0 Å². The van der Waals surface area contributed by atoms with Crippen molar-refractivity contribution in [3.63, 3.8) is 0 Å². The summed E-state index contributed by atoms with van der Waals surface area (Å²) in [5, 5.41) is 9.31. The minimum Gasteiger partial charge on any atom is -0.478 e. The molecule has 6 nitrogen and oxygen atoms in total. The van der Waals surface area contributed by atoms with E-state index in [9.17, 15) is 14.7 Å². The van der Waals surface area contributed by atoms with Gasteiger partial charge in [0.1, 0.15) is 0 Å². The van der Waals surface area contributed by atoms with Crippen molar-refractivity contribution >= 4 is 17.0 Å². The number of H-pyrrole nitrogens is 1. The standard InChI is InChI=1S/C15H20N2O4/c1-15(2,7-8-21-3)9-17-12-10(13(18)19)5-4-6-11(12)16-14(17)20/h4-6H,7-9H2,1-3H3,(H,16,20)(H,18,19). The topological polar surface area (TPSA) is 84.3 Å². The van der Waals surface area contributed by atoms with Gasteiger partial charge < -0.3 is 14.8 Å². The van der Waals surface area contributed by atoms with E-state index in [0.29, 0.717) is 24.2 Å². The molecule has 0 fully saturated rings. The Bertz CT molecular complexity index is 712. The number of aromatic nitrogens is 2. The van der Waals surface area contributed by atoms with Crippen molar-refractivity contribution in [2.24, 2.45) is 5.41 Å². The van der Waals surface area contributed by atoms with Crippen molar-refractivity contribution in [1.29, 1.82) is 0 Å². The van der Waals surface area contributed by atoms with E-state index in [1.165, 1.54) is 10.6 Å². The summed E-state index contributed by atoms with van der Waals surface area (Å²) in [6, 6.07) is 4.85. The second kappa shape index (κ2) is 5.73. The van der Waals surface area contributed by atoms with E-state index < -0.39 is 5.97 Å². The zero-order chi connectivity index (χ0) is 15.6. The number of ether oxygens (including phenoxy) is 1. The summed E-state index contributed by atoms with van der Waals surface area (Å²) in [5.74, 6) is -1.04. The lowest BCUT2D eigenvalue weighted by Gasteiger charge is -2.24. The lowest BCUT2D eigenvalue weighted by atomic mass is 9.89. The largest absolute Gasteiger partial charge is 0.478 e. The van der Waals surface area contributed by atoms with Gasteiger partial charge >= 0.3 is 11.7 Å². The Morgan fingerprint density at radius 2 is 2.14 bits per heavy atom. The third kappa shape index (κ3) is 3.16. The van der Waals surface area contributed by atoms with Gasteiger partial charge in [0.15, 0.2) is 0 Å². The second-order valence-corrected chi connectivity index (χ2v) is 5.93. The molecule has 0 aliphatic carbocycles. The molecule has 6 heteroatoms. The fourth-order valence-corrected chi connectivity index (χ4v) is 2.43. The number of nitrogens with one attached hydrogen (secondary N) is 1.